The van der Waals surface area contributed by atoms with Crippen LogP contribution in [0.4, 0.5) is 0 Å². The second kappa shape index (κ2) is 5.87. The van der Waals surface area contributed by atoms with E-state index >= 15 is 0 Å². The summed E-state index contributed by atoms with van der Waals surface area (Å²) in [6.07, 6.45) is 3.36. The standard InChI is InChI=1S/C11H12N8OS/c1-7-2-4-19-9(16-17-11(19)14-7)10(20)12-3-5-21-8-6-13-18-15-8/h2,4,6H,3,5H2,1H3,(H,12,20)(H,13,15,18). The van der Waals surface area contributed by atoms with Crippen LogP contribution in [0.15, 0.2) is 23.5 Å². The van der Waals surface area contributed by atoms with Crippen LogP contribution in [0.1, 0.15) is 16.3 Å². The van der Waals surface area contributed by atoms with Gasteiger partial charge >= 0.3 is 0 Å². The Morgan fingerprint density at radius 1 is 1.48 bits per heavy atom. The fraction of sp³-hybridized carbons (Fsp3) is 0.273. The molecule has 0 radical (unpaired) electrons. The number of thioether (sulfide) groups is 1. The Bertz CT molecular complexity index is 753. The van der Waals surface area contributed by atoms with Crippen molar-refractivity contribution in [1.29, 1.82) is 0 Å². The van der Waals surface area contributed by atoms with Crippen LogP contribution in [0.3, 0.4) is 0 Å². The van der Waals surface area contributed by atoms with E-state index in [9.17, 15) is 4.79 Å². The molecule has 21 heavy (non-hydrogen) atoms. The van der Waals surface area contributed by atoms with E-state index in [-0.39, 0.29) is 11.7 Å². The molecule has 3 heterocycles. The number of rotatable bonds is 5. The average molecular weight is 304 g/mol. The van der Waals surface area contributed by atoms with Crippen molar-refractivity contribution in [3.05, 3.63) is 30.0 Å². The van der Waals surface area contributed by atoms with Gasteiger partial charge in [-0.25, -0.2) is 4.98 Å². The van der Waals surface area contributed by atoms with Gasteiger partial charge in [-0.2, -0.15) is 10.3 Å². The lowest BCUT2D eigenvalue weighted by atomic mass is 10.4. The normalized spacial score (nSPS) is 10.9. The molecular formula is C11H12N8OS. The summed E-state index contributed by atoms with van der Waals surface area (Å²) in [5.74, 6) is 1.04. The zero-order chi connectivity index (χ0) is 14.7. The van der Waals surface area contributed by atoms with Gasteiger partial charge in [0.2, 0.25) is 5.82 Å². The van der Waals surface area contributed by atoms with Crippen molar-refractivity contribution in [2.24, 2.45) is 0 Å². The van der Waals surface area contributed by atoms with E-state index in [1.165, 1.54) is 11.8 Å². The largest absolute Gasteiger partial charge is 0.348 e. The highest BCUT2D eigenvalue weighted by Gasteiger charge is 2.14. The Hall–Kier alpha value is -2.49. The molecule has 3 aromatic rings. The third kappa shape index (κ3) is 2.99. The van der Waals surface area contributed by atoms with Crippen LogP contribution in [-0.4, -0.2) is 53.2 Å². The topological polar surface area (TPSA) is 114 Å². The molecule has 0 bridgehead atoms. The summed E-state index contributed by atoms with van der Waals surface area (Å²) in [6, 6.07) is 1.80. The molecule has 0 atom stereocenters. The fourth-order valence-electron chi connectivity index (χ4n) is 1.69. The summed E-state index contributed by atoms with van der Waals surface area (Å²) >= 11 is 1.50. The quantitative estimate of drug-likeness (QED) is 0.506. The molecule has 0 spiro atoms. The molecule has 3 aromatic heterocycles. The van der Waals surface area contributed by atoms with Crippen LogP contribution in [0.2, 0.25) is 0 Å². The minimum Gasteiger partial charge on any atom is -0.348 e. The van der Waals surface area contributed by atoms with Crippen molar-refractivity contribution in [2.75, 3.05) is 12.3 Å². The van der Waals surface area contributed by atoms with Crippen LogP contribution in [0.25, 0.3) is 5.78 Å². The predicted molar refractivity (Wildman–Crippen MR) is 75.0 cm³/mol. The Labute approximate surface area is 123 Å². The highest BCUT2D eigenvalue weighted by Crippen LogP contribution is 2.11. The van der Waals surface area contributed by atoms with E-state index in [1.54, 1.807) is 22.9 Å². The van der Waals surface area contributed by atoms with E-state index in [0.717, 1.165) is 10.7 Å². The van der Waals surface area contributed by atoms with Crippen LogP contribution in [-0.2, 0) is 0 Å². The first-order valence-corrected chi connectivity index (χ1v) is 7.18. The van der Waals surface area contributed by atoms with Crippen LogP contribution in [0.5, 0.6) is 0 Å². The summed E-state index contributed by atoms with van der Waals surface area (Å²) in [4.78, 5) is 16.3. The van der Waals surface area contributed by atoms with Crippen molar-refractivity contribution in [3.8, 4) is 0 Å². The second-order valence-corrected chi connectivity index (χ2v) is 5.29. The summed E-state index contributed by atoms with van der Waals surface area (Å²) in [7, 11) is 0. The molecule has 0 fully saturated rings. The number of nitrogens with one attached hydrogen (secondary N) is 2. The molecule has 0 aliphatic heterocycles. The van der Waals surface area contributed by atoms with E-state index in [2.05, 4.69) is 35.9 Å². The Balaban J connectivity index is 1.59. The lowest BCUT2D eigenvalue weighted by Gasteiger charge is -2.02. The predicted octanol–water partition coefficient (Wildman–Crippen LogP) is 0.0729. The van der Waals surface area contributed by atoms with Crippen molar-refractivity contribution in [3.63, 3.8) is 0 Å². The summed E-state index contributed by atoms with van der Waals surface area (Å²) < 4.78 is 1.56. The van der Waals surface area contributed by atoms with E-state index in [4.69, 9.17) is 0 Å². The molecule has 2 N–H and O–H groups in total. The first kappa shape index (κ1) is 13.5. The maximum absolute atomic E-state index is 12.1. The van der Waals surface area contributed by atoms with E-state index in [0.29, 0.717) is 18.1 Å². The van der Waals surface area contributed by atoms with Crippen LogP contribution < -0.4 is 5.32 Å². The Morgan fingerprint density at radius 2 is 2.38 bits per heavy atom. The highest BCUT2D eigenvalue weighted by molar-refractivity contribution is 7.99. The number of fused-ring (bicyclic) bond motifs is 1. The lowest BCUT2D eigenvalue weighted by Crippen LogP contribution is -2.27. The van der Waals surface area contributed by atoms with Crippen molar-refractivity contribution in [2.45, 2.75) is 11.9 Å². The van der Waals surface area contributed by atoms with E-state index in [1.807, 2.05) is 6.92 Å². The molecular weight excluding hydrogens is 292 g/mol. The molecule has 0 aliphatic carbocycles. The number of aryl methyl sites for hydroxylation is 1. The molecule has 10 heteroatoms. The molecule has 9 nitrogen and oxygen atoms in total. The van der Waals surface area contributed by atoms with Gasteiger partial charge in [0.25, 0.3) is 11.7 Å². The van der Waals surface area contributed by atoms with Crippen molar-refractivity contribution in [1.82, 2.24) is 40.3 Å². The minimum absolute atomic E-state index is 0.226. The van der Waals surface area contributed by atoms with Gasteiger partial charge in [0.15, 0.2) is 0 Å². The number of aromatic nitrogens is 7. The number of H-pyrrole nitrogens is 1. The summed E-state index contributed by atoms with van der Waals surface area (Å²) in [5, 5.41) is 21.5. The fourth-order valence-corrected chi connectivity index (χ4v) is 2.33. The van der Waals surface area contributed by atoms with E-state index < -0.39 is 0 Å². The zero-order valence-corrected chi connectivity index (χ0v) is 12.0. The number of hydrogen-bond acceptors (Lipinski definition) is 7. The first-order valence-electron chi connectivity index (χ1n) is 6.19. The third-order valence-electron chi connectivity index (χ3n) is 2.65. The smallest absolute Gasteiger partial charge is 0.289 e. The van der Waals surface area contributed by atoms with Crippen LogP contribution >= 0.6 is 11.8 Å². The van der Waals surface area contributed by atoms with Crippen molar-refractivity contribution < 1.29 is 4.79 Å². The number of hydrogen-bond donors (Lipinski definition) is 2. The minimum atomic E-state index is -0.283. The van der Waals surface area contributed by atoms with Crippen molar-refractivity contribution >= 4 is 23.4 Å². The zero-order valence-electron chi connectivity index (χ0n) is 11.1. The highest BCUT2D eigenvalue weighted by atomic mass is 32.2. The lowest BCUT2D eigenvalue weighted by molar-refractivity contribution is 0.0944. The van der Waals surface area contributed by atoms with Gasteiger partial charge in [0.1, 0.15) is 5.03 Å². The van der Waals surface area contributed by atoms with Gasteiger partial charge in [0, 0.05) is 24.2 Å². The molecule has 0 saturated heterocycles. The first-order chi connectivity index (χ1) is 10.2. The maximum Gasteiger partial charge on any atom is 0.289 e. The molecule has 0 unspecified atom stereocenters. The van der Waals surface area contributed by atoms with Crippen LogP contribution in [0, 0.1) is 6.92 Å². The van der Waals surface area contributed by atoms with Gasteiger partial charge in [-0.1, -0.05) is 0 Å². The van der Waals surface area contributed by atoms with Gasteiger partial charge in [-0.15, -0.1) is 27.1 Å². The molecule has 0 aliphatic rings. The summed E-state index contributed by atoms with van der Waals surface area (Å²) in [5.41, 5.74) is 0.825. The number of amides is 1. The second-order valence-electron chi connectivity index (χ2n) is 4.18. The molecule has 1 amide bonds. The molecule has 3 rings (SSSR count). The monoisotopic (exact) mass is 304 g/mol. The number of aromatic amines is 1. The average Bonchev–Trinajstić information content (AvgIpc) is 3.12. The SMILES string of the molecule is Cc1ccn2c(C(=O)NCCSc3cn[nH]n3)nnc2n1. The third-order valence-corrected chi connectivity index (χ3v) is 3.55. The van der Waals surface area contributed by atoms with Gasteiger partial charge in [-0.3, -0.25) is 9.20 Å². The van der Waals surface area contributed by atoms with Gasteiger partial charge in [-0.05, 0) is 13.0 Å². The maximum atomic E-state index is 12.1. The Kier molecular flexibility index (Phi) is 3.77. The number of carbonyl (C=O) groups is 1. The van der Waals surface area contributed by atoms with Gasteiger partial charge < -0.3 is 5.32 Å². The number of nitrogens with zero attached hydrogens (tertiary/aromatic N) is 6. The molecule has 0 aromatic carbocycles. The molecule has 0 saturated carbocycles. The molecule has 108 valence electrons. The Morgan fingerprint density at radius 3 is 3.19 bits per heavy atom. The van der Waals surface area contributed by atoms with Gasteiger partial charge in [0.05, 0.1) is 6.20 Å². The summed E-state index contributed by atoms with van der Waals surface area (Å²) in [6.45, 7) is 2.35. The number of carbonyl (C=O) groups excluding carboxylic acids is 1.